The first-order chi connectivity index (χ1) is 5.33. The van der Waals surface area contributed by atoms with Gasteiger partial charge in [-0.3, -0.25) is 0 Å². The van der Waals surface area contributed by atoms with Gasteiger partial charge in [-0.1, -0.05) is 12.1 Å². The van der Waals surface area contributed by atoms with Gasteiger partial charge >= 0.3 is 0 Å². The number of phenolic OH excluding ortho intramolecular Hbond substituents is 1. The summed E-state index contributed by atoms with van der Waals surface area (Å²) in [4.78, 5) is 0. The van der Waals surface area contributed by atoms with E-state index in [1.807, 2.05) is 18.2 Å². The molecule has 0 aliphatic carbocycles. The van der Waals surface area contributed by atoms with E-state index in [0.717, 1.165) is 5.56 Å². The van der Waals surface area contributed by atoms with Crippen molar-refractivity contribution < 1.29 is 9.84 Å². The molecule has 0 fully saturated rings. The Labute approximate surface area is 65.7 Å². The van der Waals surface area contributed by atoms with E-state index >= 15 is 0 Å². The molecule has 0 spiro atoms. The van der Waals surface area contributed by atoms with Crippen LogP contribution in [0.25, 0.3) is 6.08 Å². The van der Waals surface area contributed by atoms with Gasteiger partial charge in [0.1, 0.15) is 5.75 Å². The number of hydrogen-bond donors (Lipinski definition) is 1. The molecule has 1 rings (SSSR count). The molecule has 2 nitrogen and oxygen atoms in total. The zero-order valence-electron chi connectivity index (χ0n) is 6.32. The van der Waals surface area contributed by atoms with E-state index in [1.165, 1.54) is 0 Å². The van der Waals surface area contributed by atoms with Crippen LogP contribution in [0.5, 0.6) is 5.75 Å². The number of phenols is 1. The van der Waals surface area contributed by atoms with Crippen molar-refractivity contribution in [2.75, 3.05) is 7.11 Å². The number of aromatic hydroxyl groups is 1. The molecule has 0 saturated carbocycles. The third-order valence-corrected chi connectivity index (χ3v) is 1.29. The van der Waals surface area contributed by atoms with Gasteiger partial charge in [-0.2, -0.15) is 0 Å². The molecular formula is C9H10O2. The molecule has 2 heteroatoms. The van der Waals surface area contributed by atoms with E-state index in [0.29, 0.717) is 0 Å². The summed E-state index contributed by atoms with van der Waals surface area (Å²) in [5, 5.41) is 8.93. The third kappa shape index (κ3) is 2.34. The van der Waals surface area contributed by atoms with Crippen LogP contribution in [0.3, 0.4) is 0 Å². The molecule has 0 aliphatic heterocycles. The molecular weight excluding hydrogens is 140 g/mol. The van der Waals surface area contributed by atoms with Gasteiger partial charge in [-0.25, -0.2) is 0 Å². The molecule has 0 radical (unpaired) electrons. The fourth-order valence-corrected chi connectivity index (χ4v) is 0.732. The zero-order valence-corrected chi connectivity index (χ0v) is 6.32. The van der Waals surface area contributed by atoms with Crippen LogP contribution in [0.1, 0.15) is 5.56 Å². The summed E-state index contributed by atoms with van der Waals surface area (Å²) in [6.45, 7) is 0. The average molecular weight is 150 g/mol. The fourth-order valence-electron chi connectivity index (χ4n) is 0.732. The summed E-state index contributed by atoms with van der Waals surface area (Å²) in [5.74, 6) is 0.277. The van der Waals surface area contributed by atoms with E-state index in [1.54, 1.807) is 25.5 Å². The van der Waals surface area contributed by atoms with Crippen molar-refractivity contribution in [2.45, 2.75) is 0 Å². The quantitative estimate of drug-likeness (QED) is 0.653. The van der Waals surface area contributed by atoms with Crippen LogP contribution in [-0.4, -0.2) is 12.2 Å². The van der Waals surface area contributed by atoms with Crippen LogP contribution < -0.4 is 0 Å². The van der Waals surface area contributed by atoms with Gasteiger partial charge in [-0.15, -0.1) is 0 Å². The van der Waals surface area contributed by atoms with Crippen molar-refractivity contribution in [1.82, 2.24) is 0 Å². The molecule has 0 heterocycles. The molecule has 0 aromatic heterocycles. The Morgan fingerprint density at radius 3 is 2.45 bits per heavy atom. The number of hydrogen-bond acceptors (Lipinski definition) is 2. The molecule has 0 bridgehead atoms. The standard InChI is InChI=1S/C9H10O2/c1-11-7-6-8-2-4-9(10)5-3-8/h2-7,10H,1H3/b7-6-. The Morgan fingerprint density at radius 2 is 1.91 bits per heavy atom. The van der Waals surface area contributed by atoms with E-state index in [2.05, 4.69) is 0 Å². The molecule has 58 valence electrons. The summed E-state index contributed by atoms with van der Waals surface area (Å²) in [5.41, 5.74) is 1.00. The van der Waals surface area contributed by atoms with Crippen molar-refractivity contribution in [1.29, 1.82) is 0 Å². The topological polar surface area (TPSA) is 29.5 Å². The largest absolute Gasteiger partial charge is 0.508 e. The molecule has 11 heavy (non-hydrogen) atoms. The van der Waals surface area contributed by atoms with Gasteiger partial charge < -0.3 is 9.84 Å². The maximum absolute atomic E-state index is 8.93. The second-order valence-electron chi connectivity index (χ2n) is 2.13. The Balaban J connectivity index is 2.73. The van der Waals surface area contributed by atoms with Crippen molar-refractivity contribution in [3.05, 3.63) is 36.1 Å². The highest BCUT2D eigenvalue weighted by atomic mass is 16.5. The van der Waals surface area contributed by atoms with Crippen molar-refractivity contribution in [3.8, 4) is 5.75 Å². The van der Waals surface area contributed by atoms with Gasteiger partial charge in [0, 0.05) is 0 Å². The predicted octanol–water partition coefficient (Wildman–Crippen LogP) is 2.01. The minimum atomic E-state index is 0.277. The van der Waals surface area contributed by atoms with Crippen LogP contribution >= 0.6 is 0 Å². The fraction of sp³-hybridized carbons (Fsp3) is 0.111. The smallest absolute Gasteiger partial charge is 0.115 e. The Morgan fingerprint density at radius 1 is 1.27 bits per heavy atom. The highest BCUT2D eigenvalue weighted by molar-refractivity contribution is 5.49. The maximum atomic E-state index is 8.93. The Kier molecular flexibility index (Phi) is 2.55. The van der Waals surface area contributed by atoms with Gasteiger partial charge in [0.15, 0.2) is 0 Å². The molecule has 1 aromatic carbocycles. The van der Waals surface area contributed by atoms with Crippen molar-refractivity contribution in [3.63, 3.8) is 0 Å². The maximum Gasteiger partial charge on any atom is 0.115 e. The first kappa shape index (κ1) is 7.66. The van der Waals surface area contributed by atoms with Crippen molar-refractivity contribution in [2.24, 2.45) is 0 Å². The van der Waals surface area contributed by atoms with E-state index in [-0.39, 0.29) is 5.75 Å². The van der Waals surface area contributed by atoms with E-state index < -0.39 is 0 Å². The van der Waals surface area contributed by atoms with Crippen LogP contribution in [0.2, 0.25) is 0 Å². The molecule has 0 amide bonds. The van der Waals surface area contributed by atoms with E-state index in [4.69, 9.17) is 9.84 Å². The first-order valence-corrected chi connectivity index (χ1v) is 3.31. The van der Waals surface area contributed by atoms with Crippen LogP contribution in [0.4, 0.5) is 0 Å². The number of methoxy groups -OCH3 is 1. The summed E-state index contributed by atoms with van der Waals surface area (Å²) in [6, 6.07) is 6.89. The number of rotatable bonds is 2. The number of ether oxygens (including phenoxy) is 1. The monoisotopic (exact) mass is 150 g/mol. The minimum Gasteiger partial charge on any atom is -0.508 e. The summed E-state index contributed by atoms with van der Waals surface area (Å²) in [7, 11) is 1.59. The van der Waals surface area contributed by atoms with Crippen LogP contribution in [0.15, 0.2) is 30.5 Å². The summed E-state index contributed by atoms with van der Waals surface area (Å²) < 4.78 is 4.73. The number of benzene rings is 1. The lowest BCUT2D eigenvalue weighted by molar-refractivity contribution is 0.341. The Bertz CT molecular complexity index is 236. The van der Waals surface area contributed by atoms with Crippen molar-refractivity contribution >= 4 is 6.08 Å². The molecule has 1 aromatic rings. The second-order valence-corrected chi connectivity index (χ2v) is 2.13. The van der Waals surface area contributed by atoms with Crippen LogP contribution in [-0.2, 0) is 4.74 Å². The molecule has 0 atom stereocenters. The minimum absolute atomic E-state index is 0.277. The summed E-state index contributed by atoms with van der Waals surface area (Å²) in [6.07, 6.45) is 3.41. The van der Waals surface area contributed by atoms with Gasteiger partial charge in [0.2, 0.25) is 0 Å². The molecule has 0 saturated heterocycles. The normalized spacial score (nSPS) is 10.3. The van der Waals surface area contributed by atoms with E-state index in [9.17, 15) is 0 Å². The van der Waals surface area contributed by atoms with Gasteiger partial charge in [-0.05, 0) is 23.8 Å². The van der Waals surface area contributed by atoms with Gasteiger partial charge in [0.05, 0.1) is 13.4 Å². The highest BCUT2D eigenvalue weighted by Crippen LogP contribution is 2.10. The lowest BCUT2D eigenvalue weighted by atomic mass is 10.2. The predicted molar refractivity (Wildman–Crippen MR) is 44.1 cm³/mol. The zero-order chi connectivity index (χ0) is 8.10. The lowest BCUT2D eigenvalue weighted by Crippen LogP contribution is -1.71. The average Bonchev–Trinajstić information content (AvgIpc) is 2.04. The SMILES string of the molecule is CO/C=C\c1ccc(O)cc1. The lowest BCUT2D eigenvalue weighted by Gasteiger charge is -1.92. The Hall–Kier alpha value is -1.44. The first-order valence-electron chi connectivity index (χ1n) is 3.31. The second kappa shape index (κ2) is 3.66. The summed E-state index contributed by atoms with van der Waals surface area (Å²) >= 11 is 0. The third-order valence-electron chi connectivity index (χ3n) is 1.29. The molecule has 0 aliphatic rings. The molecule has 0 unspecified atom stereocenters. The molecule has 1 N–H and O–H groups in total. The van der Waals surface area contributed by atoms with Crippen LogP contribution in [0, 0.1) is 0 Å². The highest BCUT2D eigenvalue weighted by Gasteiger charge is 1.86. The van der Waals surface area contributed by atoms with Gasteiger partial charge in [0.25, 0.3) is 0 Å².